The smallest absolute Gasteiger partial charge is 0.304 e. The van der Waals surface area contributed by atoms with E-state index in [-0.39, 0.29) is 17.4 Å². The maximum absolute atomic E-state index is 11.5. The van der Waals surface area contributed by atoms with Gasteiger partial charge in [0.1, 0.15) is 0 Å². The molecule has 0 saturated carbocycles. The van der Waals surface area contributed by atoms with Crippen LogP contribution in [0.4, 0.5) is 0 Å². The number of aliphatic carboxylic acids is 1. The molecular weight excluding hydrogens is 230 g/mol. The molecule has 0 saturated heterocycles. The molecule has 0 atom stereocenters. The van der Waals surface area contributed by atoms with Crippen LogP contribution in [0.5, 0.6) is 0 Å². The predicted octanol–water partition coefficient (Wildman–Crippen LogP) is 0.606. The first-order chi connectivity index (χ1) is 7.29. The lowest BCUT2D eigenvalue weighted by molar-refractivity contribution is -0.137. The Morgan fingerprint density at radius 2 is 1.88 bits per heavy atom. The van der Waals surface area contributed by atoms with Crippen molar-refractivity contribution in [1.29, 1.82) is 0 Å². The van der Waals surface area contributed by atoms with Crippen molar-refractivity contribution < 1.29 is 18.3 Å². The van der Waals surface area contributed by atoms with Crippen LogP contribution in [0.3, 0.4) is 0 Å². The van der Waals surface area contributed by atoms with Crippen LogP contribution in [-0.2, 0) is 14.6 Å². The summed E-state index contributed by atoms with van der Waals surface area (Å²) in [6, 6.07) is 0. The van der Waals surface area contributed by atoms with Gasteiger partial charge in [-0.05, 0) is 20.4 Å². The third-order valence-electron chi connectivity index (χ3n) is 2.50. The van der Waals surface area contributed by atoms with Crippen molar-refractivity contribution in [2.24, 2.45) is 0 Å². The van der Waals surface area contributed by atoms with Crippen molar-refractivity contribution in [1.82, 2.24) is 4.90 Å². The molecule has 0 aromatic heterocycles. The Morgan fingerprint density at radius 3 is 2.25 bits per heavy atom. The normalized spacial score (nSPS) is 12.3. The second-order valence-electron chi connectivity index (χ2n) is 3.99. The molecule has 0 aliphatic rings. The highest BCUT2D eigenvalue weighted by Crippen LogP contribution is 2.02. The van der Waals surface area contributed by atoms with Crippen LogP contribution < -0.4 is 0 Å². The lowest BCUT2D eigenvalue weighted by atomic mass is 10.4. The number of carboxylic acids is 1. The summed E-state index contributed by atoms with van der Waals surface area (Å²) in [5.41, 5.74) is 0. The Balaban J connectivity index is 4.10. The van der Waals surface area contributed by atoms with Crippen molar-refractivity contribution in [2.75, 3.05) is 25.4 Å². The lowest BCUT2D eigenvalue weighted by Crippen LogP contribution is -2.33. The highest BCUT2D eigenvalue weighted by Gasteiger charge is 2.17. The molecular formula is C10H21NO4S. The number of rotatable bonds is 8. The summed E-state index contributed by atoms with van der Waals surface area (Å²) in [5, 5.41) is 8.16. The zero-order chi connectivity index (χ0) is 12.8. The number of sulfone groups is 1. The van der Waals surface area contributed by atoms with Crippen LogP contribution in [0.1, 0.15) is 27.2 Å². The molecule has 0 heterocycles. The molecule has 0 aromatic carbocycles. The average molecular weight is 251 g/mol. The highest BCUT2D eigenvalue weighted by molar-refractivity contribution is 7.92. The summed E-state index contributed by atoms with van der Waals surface area (Å²) in [6.07, 6.45) is 0.0512. The molecule has 96 valence electrons. The molecule has 0 aliphatic heterocycles. The molecule has 0 bridgehead atoms. The van der Waals surface area contributed by atoms with E-state index < -0.39 is 15.8 Å². The Labute approximate surface area is 97.4 Å². The molecule has 16 heavy (non-hydrogen) atoms. The fourth-order valence-corrected chi connectivity index (χ4v) is 2.16. The van der Waals surface area contributed by atoms with E-state index >= 15 is 0 Å². The van der Waals surface area contributed by atoms with Gasteiger partial charge < -0.3 is 10.0 Å². The maximum Gasteiger partial charge on any atom is 0.304 e. The molecule has 0 fully saturated rings. The van der Waals surface area contributed by atoms with Crippen LogP contribution in [-0.4, -0.2) is 55.0 Å². The lowest BCUT2D eigenvalue weighted by Gasteiger charge is -2.19. The van der Waals surface area contributed by atoms with Crippen LogP contribution >= 0.6 is 0 Å². The maximum atomic E-state index is 11.5. The quantitative estimate of drug-likeness (QED) is 0.684. The second-order valence-corrected chi connectivity index (χ2v) is 6.67. The zero-order valence-corrected chi connectivity index (χ0v) is 11.0. The monoisotopic (exact) mass is 251 g/mol. The molecule has 0 aromatic rings. The topological polar surface area (TPSA) is 74.7 Å². The summed E-state index contributed by atoms with van der Waals surface area (Å²) in [7, 11) is -3.03. The minimum absolute atomic E-state index is 0.0512. The number of hydrogen-bond acceptors (Lipinski definition) is 4. The highest BCUT2D eigenvalue weighted by atomic mass is 32.2. The summed E-state index contributed by atoms with van der Waals surface area (Å²) in [5.74, 6) is -0.761. The van der Waals surface area contributed by atoms with Gasteiger partial charge in [-0.15, -0.1) is 0 Å². The van der Waals surface area contributed by atoms with E-state index in [4.69, 9.17) is 5.11 Å². The number of carboxylic acid groups (broad SMARTS) is 1. The number of carbonyl (C=O) groups is 1. The van der Waals surface area contributed by atoms with Gasteiger partial charge in [-0.1, -0.05) is 6.92 Å². The van der Waals surface area contributed by atoms with Gasteiger partial charge in [0.15, 0.2) is 9.84 Å². The standard InChI is InChI=1S/C10H21NO4S/c1-4-11(6-5-10(12)13)7-8-16(14,15)9(2)3/h9H,4-8H2,1-3H3,(H,12,13). The van der Waals surface area contributed by atoms with E-state index in [2.05, 4.69) is 0 Å². The van der Waals surface area contributed by atoms with Gasteiger partial charge in [-0.25, -0.2) is 8.42 Å². The Kier molecular flexibility index (Phi) is 6.59. The summed E-state index contributed by atoms with van der Waals surface area (Å²) < 4.78 is 23.1. The zero-order valence-electron chi connectivity index (χ0n) is 10.1. The van der Waals surface area contributed by atoms with Gasteiger partial charge in [0.2, 0.25) is 0 Å². The molecule has 5 nitrogen and oxygen atoms in total. The van der Waals surface area contributed by atoms with E-state index in [0.717, 1.165) is 0 Å². The van der Waals surface area contributed by atoms with Gasteiger partial charge in [0.05, 0.1) is 17.4 Å². The predicted molar refractivity (Wildman–Crippen MR) is 63.3 cm³/mol. The number of hydrogen-bond donors (Lipinski definition) is 1. The first-order valence-electron chi connectivity index (χ1n) is 5.45. The Bertz CT molecular complexity index is 311. The Morgan fingerprint density at radius 1 is 1.31 bits per heavy atom. The van der Waals surface area contributed by atoms with Crippen molar-refractivity contribution in [3.8, 4) is 0 Å². The van der Waals surface area contributed by atoms with E-state index in [1.165, 1.54) is 0 Å². The van der Waals surface area contributed by atoms with E-state index in [1.807, 2.05) is 11.8 Å². The fourth-order valence-electron chi connectivity index (χ4n) is 1.17. The first-order valence-corrected chi connectivity index (χ1v) is 7.16. The van der Waals surface area contributed by atoms with Crippen molar-refractivity contribution in [2.45, 2.75) is 32.4 Å². The minimum atomic E-state index is -3.03. The largest absolute Gasteiger partial charge is 0.481 e. The molecule has 6 heteroatoms. The first kappa shape index (κ1) is 15.4. The molecule has 1 N–H and O–H groups in total. The molecule has 0 aliphatic carbocycles. The van der Waals surface area contributed by atoms with Crippen molar-refractivity contribution in [3.63, 3.8) is 0 Å². The third-order valence-corrected chi connectivity index (χ3v) is 4.69. The summed E-state index contributed by atoms with van der Waals surface area (Å²) in [6.45, 7) is 6.68. The third kappa shape index (κ3) is 6.07. The molecule has 0 rings (SSSR count). The minimum Gasteiger partial charge on any atom is -0.481 e. The van der Waals surface area contributed by atoms with Gasteiger partial charge in [-0.3, -0.25) is 4.79 Å². The van der Waals surface area contributed by atoms with Crippen LogP contribution in [0.2, 0.25) is 0 Å². The molecule has 0 amide bonds. The van der Waals surface area contributed by atoms with Gasteiger partial charge in [-0.2, -0.15) is 0 Å². The molecule has 0 spiro atoms. The van der Waals surface area contributed by atoms with Crippen LogP contribution in [0.25, 0.3) is 0 Å². The molecule has 0 unspecified atom stereocenters. The average Bonchev–Trinajstić information content (AvgIpc) is 2.17. The summed E-state index contributed by atoms with van der Waals surface area (Å²) >= 11 is 0. The molecule has 0 radical (unpaired) electrons. The fraction of sp³-hybridized carbons (Fsp3) is 0.900. The van der Waals surface area contributed by atoms with Gasteiger partial charge in [0.25, 0.3) is 0 Å². The van der Waals surface area contributed by atoms with E-state index in [0.29, 0.717) is 19.6 Å². The number of nitrogens with zero attached hydrogens (tertiary/aromatic N) is 1. The van der Waals surface area contributed by atoms with Gasteiger partial charge in [0, 0.05) is 13.1 Å². The second kappa shape index (κ2) is 6.85. The van der Waals surface area contributed by atoms with E-state index in [9.17, 15) is 13.2 Å². The van der Waals surface area contributed by atoms with Crippen LogP contribution in [0, 0.1) is 0 Å². The van der Waals surface area contributed by atoms with Crippen molar-refractivity contribution in [3.05, 3.63) is 0 Å². The Hall–Kier alpha value is -0.620. The SMILES string of the molecule is CCN(CCC(=O)O)CCS(=O)(=O)C(C)C. The van der Waals surface area contributed by atoms with Gasteiger partial charge >= 0.3 is 5.97 Å². The van der Waals surface area contributed by atoms with Crippen LogP contribution in [0.15, 0.2) is 0 Å². The van der Waals surface area contributed by atoms with Crippen molar-refractivity contribution >= 4 is 15.8 Å². The summed E-state index contributed by atoms with van der Waals surface area (Å²) in [4.78, 5) is 12.2. The van der Waals surface area contributed by atoms with E-state index in [1.54, 1.807) is 13.8 Å².